The standard InChI is InChI=1S/C19H23FN2O4/c20-14-7-6-13(22-10-4-5-17(22)24)11-15(14)21-16(23)12-19(18(25)26)8-2-1-3-9-19/h6-7,11H,1-5,8-10,12H2,(H,21,23)(H,25,26). The van der Waals surface area contributed by atoms with Crippen LogP contribution in [0.3, 0.4) is 0 Å². The normalized spacial score (nSPS) is 19.4. The first-order chi connectivity index (χ1) is 12.4. The maximum atomic E-state index is 14.1. The van der Waals surface area contributed by atoms with Crippen LogP contribution in [-0.2, 0) is 14.4 Å². The van der Waals surface area contributed by atoms with Crippen LogP contribution < -0.4 is 10.2 Å². The summed E-state index contributed by atoms with van der Waals surface area (Å²) in [5, 5.41) is 12.1. The van der Waals surface area contributed by atoms with Crippen molar-refractivity contribution in [2.75, 3.05) is 16.8 Å². The third-order valence-corrected chi connectivity index (χ3v) is 5.37. The minimum absolute atomic E-state index is 0.0245. The second-order valence-electron chi connectivity index (χ2n) is 7.18. The Labute approximate surface area is 151 Å². The number of carboxylic acid groups (broad SMARTS) is 1. The highest BCUT2D eigenvalue weighted by molar-refractivity contribution is 5.98. The summed E-state index contributed by atoms with van der Waals surface area (Å²) in [6.07, 6.45) is 4.48. The summed E-state index contributed by atoms with van der Waals surface area (Å²) in [6.45, 7) is 0.569. The number of hydrogen-bond donors (Lipinski definition) is 2. The molecule has 0 bridgehead atoms. The van der Waals surface area contributed by atoms with E-state index in [1.165, 1.54) is 18.2 Å². The molecule has 1 heterocycles. The summed E-state index contributed by atoms with van der Waals surface area (Å²) in [4.78, 5) is 37.5. The van der Waals surface area contributed by atoms with Crippen molar-refractivity contribution in [3.05, 3.63) is 24.0 Å². The Balaban J connectivity index is 1.74. The lowest BCUT2D eigenvalue weighted by atomic mass is 9.71. The molecule has 1 aliphatic carbocycles. The summed E-state index contributed by atoms with van der Waals surface area (Å²) in [7, 11) is 0. The van der Waals surface area contributed by atoms with Crippen LogP contribution in [-0.4, -0.2) is 29.4 Å². The Morgan fingerprint density at radius 2 is 1.92 bits per heavy atom. The van der Waals surface area contributed by atoms with E-state index in [9.17, 15) is 23.9 Å². The van der Waals surface area contributed by atoms with Crippen molar-refractivity contribution in [2.24, 2.45) is 5.41 Å². The Kier molecular flexibility index (Phi) is 5.25. The number of nitrogens with one attached hydrogen (secondary N) is 1. The Morgan fingerprint density at radius 3 is 2.54 bits per heavy atom. The van der Waals surface area contributed by atoms with E-state index in [0.29, 0.717) is 31.5 Å². The predicted molar refractivity (Wildman–Crippen MR) is 94.4 cm³/mol. The molecular weight excluding hydrogens is 339 g/mol. The fourth-order valence-electron chi connectivity index (χ4n) is 3.89. The van der Waals surface area contributed by atoms with Gasteiger partial charge >= 0.3 is 5.97 Å². The third kappa shape index (κ3) is 3.71. The van der Waals surface area contributed by atoms with Gasteiger partial charge in [-0.05, 0) is 37.5 Å². The summed E-state index contributed by atoms with van der Waals surface area (Å²) in [6, 6.07) is 4.16. The van der Waals surface area contributed by atoms with Gasteiger partial charge in [-0.2, -0.15) is 0 Å². The van der Waals surface area contributed by atoms with Gasteiger partial charge < -0.3 is 15.3 Å². The smallest absolute Gasteiger partial charge is 0.310 e. The number of carbonyl (C=O) groups is 3. The molecule has 1 saturated heterocycles. The number of rotatable bonds is 5. The fourth-order valence-corrected chi connectivity index (χ4v) is 3.89. The Morgan fingerprint density at radius 1 is 1.19 bits per heavy atom. The van der Waals surface area contributed by atoms with Crippen LogP contribution in [0.2, 0.25) is 0 Å². The van der Waals surface area contributed by atoms with Gasteiger partial charge in [-0.15, -0.1) is 0 Å². The molecule has 2 N–H and O–H groups in total. The number of anilines is 2. The topological polar surface area (TPSA) is 86.7 Å². The van der Waals surface area contributed by atoms with Crippen LogP contribution in [0.1, 0.15) is 51.4 Å². The third-order valence-electron chi connectivity index (χ3n) is 5.37. The minimum Gasteiger partial charge on any atom is -0.481 e. The number of hydrogen-bond acceptors (Lipinski definition) is 3. The molecule has 2 aliphatic rings. The van der Waals surface area contributed by atoms with E-state index in [1.807, 2.05) is 0 Å². The fraction of sp³-hybridized carbons (Fsp3) is 0.526. The first-order valence-corrected chi connectivity index (χ1v) is 9.04. The molecule has 1 aromatic rings. The summed E-state index contributed by atoms with van der Waals surface area (Å²) >= 11 is 0. The molecule has 1 saturated carbocycles. The summed E-state index contributed by atoms with van der Waals surface area (Å²) in [5.41, 5.74) is -0.556. The van der Waals surface area contributed by atoms with Gasteiger partial charge in [-0.1, -0.05) is 19.3 Å². The number of halogens is 1. The van der Waals surface area contributed by atoms with E-state index in [1.54, 1.807) is 4.90 Å². The lowest BCUT2D eigenvalue weighted by molar-refractivity contribution is -0.153. The number of benzene rings is 1. The summed E-state index contributed by atoms with van der Waals surface area (Å²) < 4.78 is 14.1. The highest BCUT2D eigenvalue weighted by Gasteiger charge is 2.41. The van der Waals surface area contributed by atoms with Gasteiger partial charge in [0.1, 0.15) is 5.82 Å². The SMILES string of the molecule is O=C(CC1(C(=O)O)CCCCC1)Nc1cc(N2CCCC2=O)ccc1F. The molecule has 0 atom stereocenters. The lowest BCUT2D eigenvalue weighted by Gasteiger charge is -2.32. The quantitative estimate of drug-likeness (QED) is 0.841. The molecule has 0 unspecified atom stereocenters. The molecule has 2 amide bonds. The van der Waals surface area contributed by atoms with Crippen LogP contribution in [0.4, 0.5) is 15.8 Å². The molecule has 2 fully saturated rings. The predicted octanol–water partition coefficient (Wildman–Crippen LogP) is 3.32. The lowest BCUT2D eigenvalue weighted by Crippen LogP contribution is -2.37. The zero-order chi connectivity index (χ0) is 18.7. The second kappa shape index (κ2) is 7.43. The largest absolute Gasteiger partial charge is 0.481 e. The van der Waals surface area contributed by atoms with Gasteiger partial charge in [0.05, 0.1) is 11.1 Å². The monoisotopic (exact) mass is 362 g/mol. The highest BCUT2D eigenvalue weighted by atomic mass is 19.1. The van der Waals surface area contributed by atoms with Gasteiger partial charge in [0, 0.05) is 25.1 Å². The van der Waals surface area contributed by atoms with Crippen LogP contribution in [0.25, 0.3) is 0 Å². The van der Waals surface area contributed by atoms with Crippen molar-refractivity contribution in [2.45, 2.75) is 51.4 Å². The molecule has 0 aromatic heterocycles. The van der Waals surface area contributed by atoms with E-state index in [-0.39, 0.29) is 18.0 Å². The zero-order valence-electron chi connectivity index (χ0n) is 14.6. The van der Waals surface area contributed by atoms with E-state index in [2.05, 4.69) is 5.32 Å². The first-order valence-electron chi connectivity index (χ1n) is 9.04. The Hall–Kier alpha value is -2.44. The van der Waals surface area contributed by atoms with Crippen molar-refractivity contribution in [1.82, 2.24) is 0 Å². The molecule has 1 aliphatic heterocycles. The molecule has 0 spiro atoms. The van der Waals surface area contributed by atoms with E-state index < -0.39 is 23.1 Å². The average Bonchev–Trinajstić information content (AvgIpc) is 3.03. The number of carbonyl (C=O) groups excluding carboxylic acids is 2. The van der Waals surface area contributed by atoms with E-state index in [4.69, 9.17) is 0 Å². The maximum absolute atomic E-state index is 14.1. The molecule has 6 nitrogen and oxygen atoms in total. The van der Waals surface area contributed by atoms with Gasteiger partial charge in [-0.3, -0.25) is 14.4 Å². The average molecular weight is 362 g/mol. The van der Waals surface area contributed by atoms with Crippen molar-refractivity contribution >= 4 is 29.2 Å². The molecule has 0 radical (unpaired) electrons. The van der Waals surface area contributed by atoms with Gasteiger partial charge in [-0.25, -0.2) is 4.39 Å². The van der Waals surface area contributed by atoms with Gasteiger partial charge in [0.15, 0.2) is 0 Å². The highest BCUT2D eigenvalue weighted by Crippen LogP contribution is 2.40. The minimum atomic E-state index is -1.07. The van der Waals surface area contributed by atoms with Crippen molar-refractivity contribution in [1.29, 1.82) is 0 Å². The molecule has 7 heteroatoms. The number of amides is 2. The second-order valence-corrected chi connectivity index (χ2v) is 7.18. The molecule has 26 heavy (non-hydrogen) atoms. The molecule has 140 valence electrons. The van der Waals surface area contributed by atoms with Crippen molar-refractivity contribution in [3.63, 3.8) is 0 Å². The first kappa shape index (κ1) is 18.4. The van der Waals surface area contributed by atoms with Crippen LogP contribution >= 0.6 is 0 Å². The number of nitrogens with zero attached hydrogens (tertiary/aromatic N) is 1. The van der Waals surface area contributed by atoms with Crippen molar-refractivity contribution < 1.29 is 23.9 Å². The zero-order valence-corrected chi connectivity index (χ0v) is 14.6. The van der Waals surface area contributed by atoms with E-state index in [0.717, 1.165) is 25.7 Å². The van der Waals surface area contributed by atoms with Crippen LogP contribution in [0.5, 0.6) is 0 Å². The Bertz CT molecular complexity index is 728. The molecular formula is C19H23FN2O4. The maximum Gasteiger partial charge on any atom is 0.310 e. The number of aliphatic carboxylic acids is 1. The summed E-state index contributed by atoms with van der Waals surface area (Å²) in [5.74, 6) is -2.12. The van der Waals surface area contributed by atoms with Crippen molar-refractivity contribution in [3.8, 4) is 0 Å². The van der Waals surface area contributed by atoms with Crippen LogP contribution in [0, 0.1) is 11.2 Å². The molecule has 3 rings (SSSR count). The van der Waals surface area contributed by atoms with E-state index >= 15 is 0 Å². The van der Waals surface area contributed by atoms with Gasteiger partial charge in [0.2, 0.25) is 11.8 Å². The number of carboxylic acids is 1. The molecule has 1 aromatic carbocycles. The van der Waals surface area contributed by atoms with Crippen LogP contribution in [0.15, 0.2) is 18.2 Å². The van der Waals surface area contributed by atoms with Gasteiger partial charge in [0.25, 0.3) is 0 Å².